The van der Waals surface area contributed by atoms with Crippen LogP contribution in [0, 0.1) is 5.92 Å². The Kier molecular flexibility index (Phi) is 3.82. The van der Waals surface area contributed by atoms with E-state index in [0.29, 0.717) is 25.4 Å². The van der Waals surface area contributed by atoms with Gasteiger partial charge in [-0.2, -0.15) is 0 Å². The summed E-state index contributed by atoms with van der Waals surface area (Å²) in [5, 5.41) is 9.24. The Morgan fingerprint density at radius 2 is 1.94 bits per heavy atom. The molecule has 1 aliphatic heterocycles. The molecule has 1 heterocycles. The first-order valence-electron chi connectivity index (χ1n) is 6.18. The van der Waals surface area contributed by atoms with Gasteiger partial charge in [-0.1, -0.05) is 0 Å². The van der Waals surface area contributed by atoms with Crippen molar-refractivity contribution in [2.24, 2.45) is 5.92 Å². The molecule has 2 fully saturated rings. The molecule has 0 radical (unpaired) electrons. The number of aliphatic carboxylic acids is 1. The number of carboxylic acids is 1. The van der Waals surface area contributed by atoms with E-state index < -0.39 is 11.6 Å². The van der Waals surface area contributed by atoms with Crippen LogP contribution in [0.1, 0.15) is 38.5 Å². The van der Waals surface area contributed by atoms with E-state index in [1.54, 1.807) is 0 Å². The first kappa shape index (κ1) is 11.9. The fraction of sp³-hybridized carbons (Fsp3) is 0.917. The number of hydrogen-bond donors (Lipinski definition) is 1. The largest absolute Gasteiger partial charge is 0.479 e. The molecule has 16 heavy (non-hydrogen) atoms. The summed E-state index contributed by atoms with van der Waals surface area (Å²) in [4.78, 5) is 11.2. The van der Waals surface area contributed by atoms with Gasteiger partial charge in [-0.05, 0) is 44.4 Å². The topological polar surface area (TPSA) is 55.8 Å². The molecule has 0 aromatic heterocycles. The molecule has 2 rings (SSSR count). The van der Waals surface area contributed by atoms with E-state index >= 15 is 0 Å². The van der Waals surface area contributed by atoms with Crippen molar-refractivity contribution in [1.29, 1.82) is 0 Å². The number of hydrogen-bond acceptors (Lipinski definition) is 3. The van der Waals surface area contributed by atoms with Gasteiger partial charge in [0.2, 0.25) is 0 Å². The zero-order valence-corrected chi connectivity index (χ0v) is 9.61. The van der Waals surface area contributed by atoms with Crippen molar-refractivity contribution in [1.82, 2.24) is 0 Å². The van der Waals surface area contributed by atoms with Crippen molar-refractivity contribution in [2.45, 2.75) is 44.1 Å². The minimum Gasteiger partial charge on any atom is -0.479 e. The van der Waals surface area contributed by atoms with Crippen LogP contribution in [0.3, 0.4) is 0 Å². The van der Waals surface area contributed by atoms with Crippen molar-refractivity contribution in [3.8, 4) is 0 Å². The second kappa shape index (κ2) is 5.15. The lowest BCUT2D eigenvalue weighted by molar-refractivity contribution is -0.168. The maximum Gasteiger partial charge on any atom is 0.335 e. The molecule has 1 saturated carbocycles. The predicted molar refractivity (Wildman–Crippen MR) is 58.3 cm³/mol. The van der Waals surface area contributed by atoms with E-state index in [2.05, 4.69) is 0 Å². The molecule has 0 amide bonds. The van der Waals surface area contributed by atoms with Crippen LogP contribution < -0.4 is 0 Å². The average molecular weight is 228 g/mol. The third-order valence-electron chi connectivity index (χ3n) is 3.74. The maximum atomic E-state index is 11.2. The second-order valence-corrected chi connectivity index (χ2v) is 4.87. The van der Waals surface area contributed by atoms with Crippen LogP contribution in [-0.2, 0) is 14.3 Å². The van der Waals surface area contributed by atoms with Gasteiger partial charge < -0.3 is 14.6 Å². The van der Waals surface area contributed by atoms with E-state index in [4.69, 9.17) is 9.47 Å². The zero-order valence-electron chi connectivity index (χ0n) is 9.61. The fourth-order valence-corrected chi connectivity index (χ4v) is 2.56. The Bertz CT molecular complexity index is 239. The normalized spacial score (nSPS) is 25.8. The zero-order chi connectivity index (χ0) is 11.4. The van der Waals surface area contributed by atoms with E-state index in [1.807, 2.05) is 0 Å². The summed E-state index contributed by atoms with van der Waals surface area (Å²) in [6.07, 6.45) is 5.28. The molecule has 1 aliphatic carbocycles. The number of carbonyl (C=O) groups is 1. The molecule has 92 valence electrons. The maximum absolute atomic E-state index is 11.2. The molecular weight excluding hydrogens is 208 g/mol. The molecule has 1 N–H and O–H groups in total. The highest BCUT2D eigenvalue weighted by atomic mass is 16.5. The summed E-state index contributed by atoms with van der Waals surface area (Å²) in [5.74, 6) is -0.303. The monoisotopic (exact) mass is 228 g/mol. The summed E-state index contributed by atoms with van der Waals surface area (Å²) >= 11 is 0. The van der Waals surface area contributed by atoms with Crippen molar-refractivity contribution < 1.29 is 19.4 Å². The SMILES string of the molecule is O=C(O)C1(OCC2CCOCC2)CCCC1. The smallest absolute Gasteiger partial charge is 0.335 e. The van der Waals surface area contributed by atoms with E-state index in [-0.39, 0.29) is 0 Å². The summed E-state index contributed by atoms with van der Waals surface area (Å²) in [5.41, 5.74) is -0.877. The van der Waals surface area contributed by atoms with Gasteiger partial charge in [0.1, 0.15) is 0 Å². The van der Waals surface area contributed by atoms with E-state index in [9.17, 15) is 9.90 Å². The van der Waals surface area contributed by atoms with Gasteiger partial charge in [0, 0.05) is 13.2 Å². The van der Waals surface area contributed by atoms with Gasteiger partial charge in [-0.15, -0.1) is 0 Å². The summed E-state index contributed by atoms with van der Waals surface area (Å²) in [6, 6.07) is 0. The lowest BCUT2D eigenvalue weighted by Crippen LogP contribution is -2.40. The van der Waals surface area contributed by atoms with E-state index in [1.165, 1.54) is 0 Å². The quantitative estimate of drug-likeness (QED) is 0.797. The Hall–Kier alpha value is -0.610. The first-order chi connectivity index (χ1) is 7.73. The van der Waals surface area contributed by atoms with Gasteiger partial charge in [0.15, 0.2) is 5.60 Å². The third kappa shape index (κ3) is 2.55. The average Bonchev–Trinajstić information content (AvgIpc) is 2.78. The molecule has 0 spiro atoms. The highest BCUT2D eigenvalue weighted by molar-refractivity contribution is 5.77. The molecule has 0 atom stereocenters. The van der Waals surface area contributed by atoms with Crippen molar-refractivity contribution in [3.05, 3.63) is 0 Å². The number of rotatable bonds is 4. The molecular formula is C12H20O4. The van der Waals surface area contributed by atoms with Gasteiger partial charge in [-0.3, -0.25) is 0 Å². The highest BCUT2D eigenvalue weighted by Gasteiger charge is 2.42. The van der Waals surface area contributed by atoms with Gasteiger partial charge >= 0.3 is 5.97 Å². The third-order valence-corrected chi connectivity index (χ3v) is 3.74. The predicted octanol–water partition coefficient (Wildman–Crippen LogP) is 1.83. The van der Waals surface area contributed by atoms with Crippen LogP contribution in [0.4, 0.5) is 0 Å². The van der Waals surface area contributed by atoms with Crippen molar-refractivity contribution >= 4 is 5.97 Å². The Morgan fingerprint density at radius 3 is 2.50 bits per heavy atom. The summed E-state index contributed by atoms with van der Waals surface area (Å²) in [6.45, 7) is 2.15. The van der Waals surface area contributed by atoms with Crippen LogP contribution in [0.2, 0.25) is 0 Å². The second-order valence-electron chi connectivity index (χ2n) is 4.87. The molecule has 1 saturated heterocycles. The molecule has 0 unspecified atom stereocenters. The molecule has 0 bridgehead atoms. The Balaban J connectivity index is 1.84. The van der Waals surface area contributed by atoms with Crippen LogP contribution in [0.25, 0.3) is 0 Å². The molecule has 0 aromatic carbocycles. The lowest BCUT2D eigenvalue weighted by Gasteiger charge is -2.29. The van der Waals surface area contributed by atoms with Crippen LogP contribution >= 0.6 is 0 Å². The lowest BCUT2D eigenvalue weighted by atomic mass is 9.99. The number of ether oxygens (including phenoxy) is 2. The first-order valence-corrected chi connectivity index (χ1v) is 6.18. The Morgan fingerprint density at radius 1 is 1.31 bits per heavy atom. The van der Waals surface area contributed by atoms with Gasteiger partial charge in [0.05, 0.1) is 6.61 Å². The minimum atomic E-state index is -0.877. The number of carboxylic acid groups (broad SMARTS) is 1. The van der Waals surface area contributed by atoms with Crippen molar-refractivity contribution in [2.75, 3.05) is 19.8 Å². The molecule has 4 nitrogen and oxygen atoms in total. The molecule has 2 aliphatic rings. The summed E-state index contributed by atoms with van der Waals surface area (Å²) < 4.78 is 11.0. The van der Waals surface area contributed by atoms with Gasteiger partial charge in [0.25, 0.3) is 0 Å². The van der Waals surface area contributed by atoms with E-state index in [0.717, 1.165) is 38.9 Å². The van der Waals surface area contributed by atoms with Gasteiger partial charge in [-0.25, -0.2) is 4.79 Å². The van der Waals surface area contributed by atoms with Crippen LogP contribution in [0.15, 0.2) is 0 Å². The standard InChI is InChI=1S/C12H20O4/c13-11(14)12(5-1-2-6-12)16-9-10-3-7-15-8-4-10/h10H,1-9H2,(H,13,14). The molecule has 0 aromatic rings. The highest BCUT2D eigenvalue weighted by Crippen LogP contribution is 2.34. The Labute approximate surface area is 95.9 Å². The minimum absolute atomic E-state index is 0.477. The van der Waals surface area contributed by atoms with Crippen LogP contribution in [0.5, 0.6) is 0 Å². The molecule has 4 heteroatoms. The summed E-state index contributed by atoms with van der Waals surface area (Å²) in [7, 11) is 0. The van der Waals surface area contributed by atoms with Crippen LogP contribution in [-0.4, -0.2) is 36.5 Å². The fourth-order valence-electron chi connectivity index (χ4n) is 2.56. The van der Waals surface area contributed by atoms with Crippen molar-refractivity contribution in [3.63, 3.8) is 0 Å².